The molecule has 0 aliphatic heterocycles. The largest absolute Gasteiger partial charge is 0.395 e. The number of hydrogen-bond acceptors (Lipinski definition) is 4. The van der Waals surface area contributed by atoms with Gasteiger partial charge in [0.2, 0.25) is 0 Å². The van der Waals surface area contributed by atoms with Crippen molar-refractivity contribution in [1.29, 1.82) is 5.26 Å². The van der Waals surface area contributed by atoms with Crippen molar-refractivity contribution in [3.63, 3.8) is 0 Å². The Balaban J connectivity index is 2.60. The maximum Gasteiger partial charge on any atom is 0.102 e. The van der Waals surface area contributed by atoms with Crippen molar-refractivity contribution in [2.75, 3.05) is 6.61 Å². The summed E-state index contributed by atoms with van der Waals surface area (Å²) in [5.41, 5.74) is 1.44. The lowest BCUT2D eigenvalue weighted by atomic mass is 10.2. The van der Waals surface area contributed by atoms with Gasteiger partial charge in [0.05, 0.1) is 17.7 Å². The van der Waals surface area contributed by atoms with E-state index in [9.17, 15) is 0 Å². The summed E-state index contributed by atoms with van der Waals surface area (Å²) < 4.78 is 0. The van der Waals surface area contributed by atoms with Crippen LogP contribution in [0.4, 0.5) is 0 Å². The van der Waals surface area contributed by atoms with Crippen LogP contribution in [0.1, 0.15) is 12.5 Å². The molecule has 86 valence electrons. The summed E-state index contributed by atoms with van der Waals surface area (Å²) in [7, 11) is 0. The number of rotatable bonds is 3. The first-order valence-electron chi connectivity index (χ1n) is 5.31. The molecule has 2 rings (SSSR count). The van der Waals surface area contributed by atoms with E-state index in [4.69, 9.17) is 10.4 Å². The van der Waals surface area contributed by atoms with Gasteiger partial charge in [-0.2, -0.15) is 5.26 Å². The molecular weight excluding hydrogens is 232 g/mol. The van der Waals surface area contributed by atoms with Crippen LogP contribution in [0.25, 0.3) is 10.9 Å². The molecule has 1 atom stereocenters. The zero-order valence-corrected chi connectivity index (χ0v) is 10.2. The minimum Gasteiger partial charge on any atom is -0.395 e. The highest BCUT2D eigenvalue weighted by Gasteiger charge is 2.12. The summed E-state index contributed by atoms with van der Waals surface area (Å²) in [6.07, 6.45) is 1.59. The molecule has 3 nitrogen and oxygen atoms in total. The van der Waals surface area contributed by atoms with Crippen LogP contribution in [0.5, 0.6) is 0 Å². The van der Waals surface area contributed by atoms with Gasteiger partial charge in [-0.25, -0.2) is 0 Å². The van der Waals surface area contributed by atoms with Gasteiger partial charge < -0.3 is 5.11 Å². The maximum absolute atomic E-state index is 9.11. The van der Waals surface area contributed by atoms with E-state index in [1.165, 1.54) is 11.8 Å². The molecule has 0 aliphatic rings. The molecule has 17 heavy (non-hydrogen) atoms. The second kappa shape index (κ2) is 5.17. The summed E-state index contributed by atoms with van der Waals surface area (Å²) in [6.45, 7) is 2.02. The van der Waals surface area contributed by atoms with Gasteiger partial charge in [-0.15, -0.1) is 11.8 Å². The standard InChI is InChI=1S/C13H12N2OS/c1-9(8-16)17-13-10(6-14)7-15-12-5-3-2-4-11(12)13/h2-5,7,9,16H,8H2,1H3. The highest BCUT2D eigenvalue weighted by Crippen LogP contribution is 2.32. The van der Waals surface area contributed by atoms with E-state index in [-0.39, 0.29) is 11.9 Å². The minimum atomic E-state index is 0.0629. The van der Waals surface area contributed by atoms with Gasteiger partial charge in [0, 0.05) is 21.7 Å². The molecule has 2 aromatic rings. The van der Waals surface area contributed by atoms with E-state index in [1.54, 1.807) is 6.20 Å². The molecule has 0 bridgehead atoms. The van der Waals surface area contributed by atoms with E-state index < -0.39 is 0 Å². The summed E-state index contributed by atoms with van der Waals surface area (Å²) in [5.74, 6) is 0. The molecule has 0 saturated carbocycles. The average Bonchev–Trinajstić information content (AvgIpc) is 2.39. The Hall–Kier alpha value is -1.57. The molecule has 1 heterocycles. The van der Waals surface area contributed by atoms with Crippen LogP contribution in [0.15, 0.2) is 35.4 Å². The van der Waals surface area contributed by atoms with Gasteiger partial charge >= 0.3 is 0 Å². The van der Waals surface area contributed by atoms with Crippen LogP contribution in [0.3, 0.4) is 0 Å². The molecule has 0 aliphatic carbocycles. The Morgan fingerprint density at radius 2 is 2.24 bits per heavy atom. The smallest absolute Gasteiger partial charge is 0.102 e. The Labute approximate surface area is 104 Å². The van der Waals surface area contributed by atoms with Crippen LogP contribution in [0.2, 0.25) is 0 Å². The number of aromatic nitrogens is 1. The molecule has 1 unspecified atom stereocenters. The number of nitrogens with zero attached hydrogens (tertiary/aromatic N) is 2. The minimum absolute atomic E-state index is 0.0629. The van der Waals surface area contributed by atoms with E-state index in [0.29, 0.717) is 5.56 Å². The number of thioether (sulfide) groups is 1. The SMILES string of the molecule is CC(CO)Sc1c(C#N)cnc2ccccc12. The molecule has 1 N–H and O–H groups in total. The first kappa shape index (κ1) is 11.9. The summed E-state index contributed by atoms with van der Waals surface area (Å²) in [4.78, 5) is 5.15. The first-order valence-corrected chi connectivity index (χ1v) is 6.19. The van der Waals surface area contributed by atoms with Crippen molar-refractivity contribution in [3.8, 4) is 6.07 Å². The third-order valence-electron chi connectivity index (χ3n) is 2.42. The quantitative estimate of drug-likeness (QED) is 0.843. The molecule has 4 heteroatoms. The molecule has 1 aromatic carbocycles. The van der Waals surface area contributed by atoms with E-state index in [2.05, 4.69) is 11.1 Å². The third-order valence-corrected chi connectivity index (χ3v) is 3.65. The molecule has 0 spiro atoms. The van der Waals surface area contributed by atoms with Crippen molar-refractivity contribution in [2.24, 2.45) is 0 Å². The van der Waals surface area contributed by atoms with Gasteiger partial charge in [0.25, 0.3) is 0 Å². The second-order valence-electron chi connectivity index (χ2n) is 3.74. The van der Waals surface area contributed by atoms with Crippen LogP contribution >= 0.6 is 11.8 Å². The third kappa shape index (κ3) is 2.41. The number of fused-ring (bicyclic) bond motifs is 1. The lowest BCUT2D eigenvalue weighted by molar-refractivity contribution is 0.300. The van der Waals surface area contributed by atoms with E-state index >= 15 is 0 Å². The second-order valence-corrected chi connectivity index (χ2v) is 5.19. The molecule has 0 fully saturated rings. The number of aliphatic hydroxyl groups excluding tert-OH is 1. The maximum atomic E-state index is 9.11. The Kier molecular flexibility index (Phi) is 3.62. The average molecular weight is 244 g/mol. The van der Waals surface area contributed by atoms with Gasteiger partial charge in [-0.3, -0.25) is 4.98 Å². The molecule has 0 radical (unpaired) electrons. The predicted octanol–water partition coefficient (Wildman–Crippen LogP) is 2.58. The number of hydrogen-bond donors (Lipinski definition) is 1. The first-order chi connectivity index (χ1) is 8.26. The van der Waals surface area contributed by atoms with Gasteiger partial charge in [0.15, 0.2) is 0 Å². The zero-order chi connectivity index (χ0) is 12.3. The van der Waals surface area contributed by atoms with Crippen LogP contribution < -0.4 is 0 Å². The van der Waals surface area contributed by atoms with Gasteiger partial charge in [-0.05, 0) is 6.07 Å². The number of nitriles is 1. The Morgan fingerprint density at radius 1 is 1.47 bits per heavy atom. The number of para-hydroxylation sites is 1. The van der Waals surface area contributed by atoms with Crippen molar-refractivity contribution in [2.45, 2.75) is 17.1 Å². The van der Waals surface area contributed by atoms with Crippen LogP contribution in [-0.2, 0) is 0 Å². The van der Waals surface area contributed by atoms with Gasteiger partial charge in [0.1, 0.15) is 6.07 Å². The number of pyridine rings is 1. The molecule has 1 aromatic heterocycles. The van der Waals surface area contributed by atoms with E-state index in [1.807, 2.05) is 31.2 Å². The monoisotopic (exact) mass is 244 g/mol. The van der Waals surface area contributed by atoms with E-state index in [0.717, 1.165) is 15.8 Å². The number of aliphatic hydroxyl groups is 1. The lowest BCUT2D eigenvalue weighted by Crippen LogP contribution is -2.02. The highest BCUT2D eigenvalue weighted by atomic mass is 32.2. The Bertz CT molecular complexity index is 577. The summed E-state index contributed by atoms with van der Waals surface area (Å²) in [6, 6.07) is 9.88. The lowest BCUT2D eigenvalue weighted by Gasteiger charge is -2.11. The van der Waals surface area contributed by atoms with Crippen molar-refractivity contribution < 1.29 is 5.11 Å². The normalized spacial score (nSPS) is 12.3. The Morgan fingerprint density at radius 3 is 2.94 bits per heavy atom. The van der Waals surface area contributed by atoms with Crippen LogP contribution in [0, 0.1) is 11.3 Å². The molecular formula is C13H12N2OS. The van der Waals surface area contributed by atoms with Crippen molar-refractivity contribution in [3.05, 3.63) is 36.0 Å². The summed E-state index contributed by atoms with van der Waals surface area (Å²) in [5, 5.41) is 19.2. The fourth-order valence-electron chi connectivity index (χ4n) is 1.56. The van der Waals surface area contributed by atoms with Gasteiger partial charge in [-0.1, -0.05) is 25.1 Å². The zero-order valence-electron chi connectivity index (χ0n) is 9.42. The number of benzene rings is 1. The molecule has 0 saturated heterocycles. The van der Waals surface area contributed by atoms with Crippen molar-refractivity contribution in [1.82, 2.24) is 4.98 Å². The fourth-order valence-corrected chi connectivity index (χ4v) is 2.56. The topological polar surface area (TPSA) is 56.9 Å². The fraction of sp³-hybridized carbons (Fsp3) is 0.231. The summed E-state index contributed by atoms with van der Waals surface area (Å²) >= 11 is 1.51. The van der Waals surface area contributed by atoms with Crippen LogP contribution in [-0.4, -0.2) is 21.9 Å². The predicted molar refractivity (Wildman–Crippen MR) is 68.9 cm³/mol. The molecule has 0 amide bonds. The van der Waals surface area contributed by atoms with Crippen molar-refractivity contribution >= 4 is 22.7 Å². The highest BCUT2D eigenvalue weighted by molar-refractivity contribution is 8.00.